The first-order chi connectivity index (χ1) is 10.9. The maximum absolute atomic E-state index is 10.6. The van der Waals surface area contributed by atoms with Gasteiger partial charge in [0, 0.05) is 11.4 Å². The number of nitrogens with one attached hydrogen (secondary N) is 2. The molecule has 0 spiro atoms. The highest BCUT2D eigenvalue weighted by molar-refractivity contribution is 14.0. The summed E-state index contributed by atoms with van der Waals surface area (Å²) in [6.45, 7) is 9.61. The van der Waals surface area contributed by atoms with E-state index in [4.69, 9.17) is 0 Å². The SMILES string of the molecule is CCNC(=NCc1nc(C)c(C)s1)NCC(C)(O)c1ccsc1.I. The smallest absolute Gasteiger partial charge is 0.191 e. The average Bonchev–Trinajstić information content (AvgIpc) is 3.13. The summed E-state index contributed by atoms with van der Waals surface area (Å²) in [5.74, 6) is 0.688. The Kier molecular flexibility index (Phi) is 8.61. The minimum atomic E-state index is -0.926. The molecule has 0 fully saturated rings. The number of guanidine groups is 1. The van der Waals surface area contributed by atoms with Gasteiger partial charge in [0.2, 0.25) is 0 Å². The normalized spacial score (nSPS) is 14.0. The number of halogens is 1. The van der Waals surface area contributed by atoms with E-state index in [0.29, 0.717) is 19.0 Å². The predicted molar refractivity (Wildman–Crippen MR) is 114 cm³/mol. The van der Waals surface area contributed by atoms with E-state index in [-0.39, 0.29) is 24.0 Å². The zero-order valence-electron chi connectivity index (χ0n) is 14.4. The van der Waals surface area contributed by atoms with Crippen molar-refractivity contribution in [2.75, 3.05) is 13.1 Å². The van der Waals surface area contributed by atoms with Crippen molar-refractivity contribution in [2.24, 2.45) is 4.99 Å². The largest absolute Gasteiger partial charge is 0.384 e. The van der Waals surface area contributed by atoms with E-state index in [1.54, 1.807) is 29.6 Å². The second-order valence-corrected chi connectivity index (χ2v) is 7.65. The molecule has 0 saturated carbocycles. The van der Waals surface area contributed by atoms with Crippen molar-refractivity contribution in [3.63, 3.8) is 0 Å². The molecule has 0 amide bonds. The Balaban J connectivity index is 0.00000288. The number of thiophene rings is 1. The van der Waals surface area contributed by atoms with Gasteiger partial charge in [-0.3, -0.25) is 0 Å². The van der Waals surface area contributed by atoms with Gasteiger partial charge in [-0.2, -0.15) is 11.3 Å². The number of aryl methyl sites for hydroxylation is 2. The zero-order valence-corrected chi connectivity index (χ0v) is 18.4. The van der Waals surface area contributed by atoms with E-state index in [2.05, 4.69) is 27.5 Å². The maximum Gasteiger partial charge on any atom is 0.191 e. The van der Waals surface area contributed by atoms with Gasteiger partial charge in [0.15, 0.2) is 5.96 Å². The van der Waals surface area contributed by atoms with Gasteiger partial charge in [0.25, 0.3) is 0 Å². The van der Waals surface area contributed by atoms with Gasteiger partial charge < -0.3 is 15.7 Å². The molecule has 5 nitrogen and oxygen atoms in total. The third kappa shape index (κ3) is 5.98. The Morgan fingerprint density at radius 3 is 2.67 bits per heavy atom. The molecule has 0 aliphatic carbocycles. The first kappa shape index (κ1) is 21.3. The molecule has 2 aromatic rings. The highest BCUT2D eigenvalue weighted by Crippen LogP contribution is 2.22. The average molecular weight is 480 g/mol. The fourth-order valence-corrected chi connectivity index (χ4v) is 3.67. The van der Waals surface area contributed by atoms with Crippen LogP contribution < -0.4 is 10.6 Å². The molecule has 0 aromatic carbocycles. The molecule has 1 atom stereocenters. The molecular weight excluding hydrogens is 455 g/mol. The number of nitrogens with zero attached hydrogens (tertiary/aromatic N) is 2. The molecule has 0 aliphatic rings. The highest BCUT2D eigenvalue weighted by Gasteiger charge is 2.23. The van der Waals surface area contributed by atoms with Crippen LogP contribution in [0.2, 0.25) is 0 Å². The van der Waals surface area contributed by atoms with Crippen LogP contribution in [-0.2, 0) is 12.1 Å². The Labute approximate surface area is 168 Å². The molecule has 2 rings (SSSR count). The van der Waals surface area contributed by atoms with E-state index < -0.39 is 5.60 Å². The van der Waals surface area contributed by atoms with Gasteiger partial charge in [-0.25, -0.2) is 9.98 Å². The summed E-state index contributed by atoms with van der Waals surface area (Å²) in [6, 6.07) is 1.94. The van der Waals surface area contributed by atoms with E-state index in [0.717, 1.165) is 22.8 Å². The Morgan fingerprint density at radius 1 is 1.38 bits per heavy atom. The molecule has 24 heavy (non-hydrogen) atoms. The quantitative estimate of drug-likeness (QED) is 0.337. The van der Waals surface area contributed by atoms with Gasteiger partial charge in [-0.15, -0.1) is 35.3 Å². The molecule has 8 heteroatoms. The maximum atomic E-state index is 10.6. The third-order valence-electron chi connectivity index (χ3n) is 3.53. The number of thiazole rings is 1. The molecular formula is C16H25IN4OS2. The monoisotopic (exact) mass is 480 g/mol. The lowest BCUT2D eigenvalue weighted by molar-refractivity contribution is 0.0621. The molecule has 134 valence electrons. The van der Waals surface area contributed by atoms with Crippen molar-refractivity contribution < 1.29 is 5.11 Å². The van der Waals surface area contributed by atoms with Gasteiger partial charge >= 0.3 is 0 Å². The van der Waals surface area contributed by atoms with Crippen molar-refractivity contribution in [3.8, 4) is 0 Å². The van der Waals surface area contributed by atoms with Crippen LogP contribution in [0, 0.1) is 13.8 Å². The van der Waals surface area contributed by atoms with Crippen LogP contribution >= 0.6 is 46.7 Å². The van der Waals surface area contributed by atoms with Crippen LogP contribution in [0.3, 0.4) is 0 Å². The van der Waals surface area contributed by atoms with E-state index >= 15 is 0 Å². The van der Waals surface area contributed by atoms with Gasteiger partial charge in [0.05, 0.1) is 18.8 Å². The molecule has 1 unspecified atom stereocenters. The van der Waals surface area contributed by atoms with Crippen molar-refractivity contribution in [1.82, 2.24) is 15.6 Å². The van der Waals surface area contributed by atoms with Crippen LogP contribution in [-0.4, -0.2) is 29.1 Å². The van der Waals surface area contributed by atoms with Crippen LogP contribution in [0.1, 0.15) is 35.0 Å². The molecule has 2 aromatic heterocycles. The van der Waals surface area contributed by atoms with Crippen LogP contribution in [0.4, 0.5) is 0 Å². The number of aromatic nitrogens is 1. The summed E-state index contributed by atoms with van der Waals surface area (Å²) in [5, 5.41) is 21.9. The molecule has 3 N–H and O–H groups in total. The van der Waals surface area contributed by atoms with E-state index in [9.17, 15) is 5.11 Å². The molecule has 0 bridgehead atoms. The van der Waals surface area contributed by atoms with E-state index in [1.807, 2.05) is 30.7 Å². The molecule has 2 heterocycles. The van der Waals surface area contributed by atoms with Crippen LogP contribution in [0.5, 0.6) is 0 Å². The minimum absolute atomic E-state index is 0. The summed E-state index contributed by atoms with van der Waals surface area (Å²) in [6.07, 6.45) is 0. The second kappa shape index (κ2) is 9.69. The van der Waals surface area contributed by atoms with Crippen molar-refractivity contribution in [1.29, 1.82) is 0 Å². The number of rotatable bonds is 6. The minimum Gasteiger partial charge on any atom is -0.384 e. The van der Waals surface area contributed by atoms with Crippen molar-refractivity contribution in [3.05, 3.63) is 38.0 Å². The Bertz CT molecular complexity index is 634. The lowest BCUT2D eigenvalue weighted by Gasteiger charge is -2.24. The molecule has 0 radical (unpaired) electrons. The summed E-state index contributed by atoms with van der Waals surface area (Å²) >= 11 is 3.26. The number of hydrogen-bond donors (Lipinski definition) is 3. The first-order valence-electron chi connectivity index (χ1n) is 7.62. The standard InChI is InChI=1S/C16H24N4OS2.HI/c1-5-17-15(18-8-14-20-11(2)12(3)23-14)19-10-16(4,21)13-6-7-22-9-13;/h6-7,9,21H,5,8,10H2,1-4H3,(H2,17,18,19);1H. The summed E-state index contributed by atoms with van der Waals surface area (Å²) in [7, 11) is 0. The Morgan fingerprint density at radius 2 is 2.12 bits per heavy atom. The lowest BCUT2D eigenvalue weighted by atomic mass is 9.99. The zero-order chi connectivity index (χ0) is 16.9. The first-order valence-corrected chi connectivity index (χ1v) is 9.38. The summed E-state index contributed by atoms with van der Waals surface area (Å²) in [4.78, 5) is 10.3. The van der Waals surface area contributed by atoms with Gasteiger partial charge in [0.1, 0.15) is 10.6 Å². The molecule has 0 aliphatic heterocycles. The highest BCUT2D eigenvalue weighted by atomic mass is 127. The fourth-order valence-electron chi connectivity index (χ4n) is 2.02. The van der Waals surface area contributed by atoms with Crippen molar-refractivity contribution >= 4 is 52.6 Å². The van der Waals surface area contributed by atoms with Gasteiger partial charge in [-0.05, 0) is 50.1 Å². The predicted octanol–water partition coefficient (Wildman–Crippen LogP) is 3.40. The summed E-state index contributed by atoms with van der Waals surface area (Å²) < 4.78 is 0. The lowest BCUT2D eigenvalue weighted by Crippen LogP contribution is -2.44. The van der Waals surface area contributed by atoms with E-state index in [1.165, 1.54) is 4.88 Å². The molecule has 0 saturated heterocycles. The summed E-state index contributed by atoms with van der Waals surface area (Å²) in [5.41, 5.74) is 1.06. The van der Waals surface area contributed by atoms with Crippen molar-refractivity contribution in [2.45, 2.75) is 39.8 Å². The Hall–Kier alpha value is -0.710. The van der Waals surface area contributed by atoms with Gasteiger partial charge in [-0.1, -0.05) is 0 Å². The van der Waals surface area contributed by atoms with Crippen LogP contribution in [0.15, 0.2) is 21.8 Å². The third-order valence-corrected chi connectivity index (χ3v) is 5.27. The topological polar surface area (TPSA) is 69.5 Å². The number of hydrogen-bond acceptors (Lipinski definition) is 5. The number of aliphatic imine (C=N–C) groups is 1. The second-order valence-electron chi connectivity index (χ2n) is 5.58. The number of aliphatic hydroxyl groups is 1. The fraction of sp³-hybridized carbons (Fsp3) is 0.500. The van der Waals surface area contributed by atoms with Crippen LogP contribution in [0.25, 0.3) is 0 Å².